The predicted octanol–water partition coefficient (Wildman–Crippen LogP) is 1.22. The largest absolute Gasteiger partial charge is 0.481 e. The zero-order valence-electron chi connectivity index (χ0n) is 13.1. The molecular weight excluding hydrogens is 272 g/mol. The third kappa shape index (κ3) is 9.42. The SMILES string of the molecule is CCCCCCCCN1CC(C(=O)O)CC1=O.NCCO. The van der Waals surface area contributed by atoms with Crippen LogP contribution in [0.4, 0.5) is 0 Å². The molecule has 1 atom stereocenters. The Kier molecular flexibility index (Phi) is 11.9. The maximum Gasteiger partial charge on any atom is 0.308 e. The first kappa shape index (κ1) is 19.9. The van der Waals surface area contributed by atoms with Crippen molar-refractivity contribution in [1.29, 1.82) is 0 Å². The maximum atomic E-state index is 11.5. The zero-order chi connectivity index (χ0) is 16.1. The van der Waals surface area contributed by atoms with Crippen LogP contribution in [0.2, 0.25) is 0 Å². The number of hydrogen-bond donors (Lipinski definition) is 3. The van der Waals surface area contributed by atoms with Crippen molar-refractivity contribution in [3.63, 3.8) is 0 Å². The number of aliphatic carboxylic acids is 1. The first-order chi connectivity index (χ1) is 10.1. The highest BCUT2D eigenvalue weighted by molar-refractivity contribution is 5.86. The number of rotatable bonds is 9. The van der Waals surface area contributed by atoms with Gasteiger partial charge in [0.25, 0.3) is 0 Å². The van der Waals surface area contributed by atoms with Crippen LogP contribution >= 0.6 is 0 Å². The maximum absolute atomic E-state index is 11.5. The fraction of sp³-hybridized carbons (Fsp3) is 0.867. The summed E-state index contributed by atoms with van der Waals surface area (Å²) < 4.78 is 0. The molecule has 1 amide bonds. The van der Waals surface area contributed by atoms with Crippen molar-refractivity contribution < 1.29 is 19.8 Å². The average molecular weight is 302 g/mol. The van der Waals surface area contributed by atoms with Crippen molar-refractivity contribution in [1.82, 2.24) is 4.90 Å². The number of aliphatic hydroxyl groups excluding tert-OH is 1. The molecule has 6 nitrogen and oxygen atoms in total. The minimum Gasteiger partial charge on any atom is -0.481 e. The van der Waals surface area contributed by atoms with Gasteiger partial charge < -0.3 is 20.8 Å². The second kappa shape index (κ2) is 12.6. The van der Waals surface area contributed by atoms with Crippen LogP contribution in [-0.2, 0) is 9.59 Å². The Labute approximate surface area is 127 Å². The molecule has 1 aliphatic rings. The molecule has 4 N–H and O–H groups in total. The van der Waals surface area contributed by atoms with E-state index in [1.165, 1.54) is 25.7 Å². The molecule has 0 aromatic carbocycles. The van der Waals surface area contributed by atoms with E-state index < -0.39 is 11.9 Å². The Hall–Kier alpha value is -1.14. The van der Waals surface area contributed by atoms with Gasteiger partial charge in [-0.3, -0.25) is 9.59 Å². The van der Waals surface area contributed by atoms with E-state index >= 15 is 0 Å². The van der Waals surface area contributed by atoms with Crippen LogP contribution in [0.1, 0.15) is 51.9 Å². The number of carboxylic acids is 1. The summed E-state index contributed by atoms with van der Waals surface area (Å²) in [6.45, 7) is 3.80. The summed E-state index contributed by atoms with van der Waals surface area (Å²) in [4.78, 5) is 24.0. The molecule has 0 aliphatic carbocycles. The van der Waals surface area contributed by atoms with Gasteiger partial charge in [-0.25, -0.2) is 0 Å². The average Bonchev–Trinajstić information content (AvgIpc) is 2.84. The molecule has 0 aromatic rings. The fourth-order valence-corrected chi connectivity index (χ4v) is 2.24. The Morgan fingerprint density at radius 1 is 1.29 bits per heavy atom. The molecule has 0 radical (unpaired) electrons. The molecule has 6 heteroatoms. The van der Waals surface area contributed by atoms with Crippen LogP contribution in [0.3, 0.4) is 0 Å². The van der Waals surface area contributed by atoms with Gasteiger partial charge in [-0.05, 0) is 6.42 Å². The fourth-order valence-electron chi connectivity index (χ4n) is 2.24. The van der Waals surface area contributed by atoms with E-state index in [-0.39, 0.29) is 18.9 Å². The van der Waals surface area contributed by atoms with Gasteiger partial charge in [0.05, 0.1) is 12.5 Å². The van der Waals surface area contributed by atoms with Crippen molar-refractivity contribution in [2.75, 3.05) is 26.2 Å². The number of hydrogen-bond acceptors (Lipinski definition) is 4. The molecule has 1 fully saturated rings. The third-order valence-corrected chi connectivity index (χ3v) is 3.47. The van der Waals surface area contributed by atoms with E-state index in [2.05, 4.69) is 6.92 Å². The molecule has 1 saturated heterocycles. The molecule has 0 saturated carbocycles. The van der Waals surface area contributed by atoms with E-state index in [0.717, 1.165) is 19.4 Å². The van der Waals surface area contributed by atoms with Crippen molar-refractivity contribution in [2.24, 2.45) is 11.7 Å². The Balaban J connectivity index is 0.000000885. The lowest BCUT2D eigenvalue weighted by atomic mass is 10.1. The molecule has 21 heavy (non-hydrogen) atoms. The second-order valence-electron chi connectivity index (χ2n) is 5.36. The third-order valence-electron chi connectivity index (χ3n) is 3.47. The monoisotopic (exact) mass is 302 g/mol. The van der Waals surface area contributed by atoms with Crippen molar-refractivity contribution in [3.05, 3.63) is 0 Å². The van der Waals surface area contributed by atoms with Gasteiger partial charge in [0.15, 0.2) is 0 Å². The van der Waals surface area contributed by atoms with Crippen molar-refractivity contribution in [3.8, 4) is 0 Å². The highest BCUT2D eigenvalue weighted by Gasteiger charge is 2.33. The predicted molar refractivity (Wildman–Crippen MR) is 81.8 cm³/mol. The van der Waals surface area contributed by atoms with E-state index in [9.17, 15) is 9.59 Å². The summed E-state index contributed by atoms with van der Waals surface area (Å²) in [6.07, 6.45) is 7.34. The number of unbranched alkanes of at least 4 members (excludes halogenated alkanes) is 5. The van der Waals surface area contributed by atoms with Crippen LogP contribution in [0, 0.1) is 5.92 Å². The Morgan fingerprint density at radius 3 is 2.33 bits per heavy atom. The molecule has 1 rings (SSSR count). The normalized spacial score (nSPS) is 17.6. The first-order valence-corrected chi connectivity index (χ1v) is 7.88. The molecule has 1 unspecified atom stereocenters. The van der Waals surface area contributed by atoms with E-state index in [1.807, 2.05) is 0 Å². The Morgan fingerprint density at radius 2 is 1.86 bits per heavy atom. The standard InChI is InChI=1S/C13H23NO3.C2H7NO/c1-2-3-4-5-6-7-8-14-10-11(13(16)17)9-12(14)15;3-1-2-4/h11H,2-10H2,1H3,(H,16,17);4H,1-3H2. The number of aliphatic hydroxyl groups is 1. The van der Waals surface area contributed by atoms with Gasteiger partial charge in [0.1, 0.15) is 0 Å². The highest BCUT2D eigenvalue weighted by atomic mass is 16.4. The van der Waals surface area contributed by atoms with Crippen LogP contribution in [0.15, 0.2) is 0 Å². The zero-order valence-corrected chi connectivity index (χ0v) is 13.1. The van der Waals surface area contributed by atoms with E-state index in [0.29, 0.717) is 13.1 Å². The highest BCUT2D eigenvalue weighted by Crippen LogP contribution is 2.18. The number of carbonyl (C=O) groups excluding carboxylic acids is 1. The quantitative estimate of drug-likeness (QED) is 0.556. The Bertz CT molecular complexity index is 295. The lowest BCUT2D eigenvalue weighted by Gasteiger charge is -2.15. The topological polar surface area (TPSA) is 104 Å². The summed E-state index contributed by atoms with van der Waals surface area (Å²) in [5.74, 6) is -1.32. The minimum absolute atomic E-state index is 0.00552. The molecular formula is C15H30N2O4. The smallest absolute Gasteiger partial charge is 0.308 e. The number of carboxylic acid groups (broad SMARTS) is 1. The number of amides is 1. The summed E-state index contributed by atoms with van der Waals surface area (Å²) in [7, 11) is 0. The van der Waals surface area contributed by atoms with Crippen LogP contribution in [0.25, 0.3) is 0 Å². The van der Waals surface area contributed by atoms with E-state index in [4.69, 9.17) is 15.9 Å². The summed E-state index contributed by atoms with van der Waals surface area (Å²) in [6, 6.07) is 0. The summed E-state index contributed by atoms with van der Waals surface area (Å²) in [5, 5.41) is 16.6. The van der Waals surface area contributed by atoms with Crippen molar-refractivity contribution in [2.45, 2.75) is 51.9 Å². The van der Waals surface area contributed by atoms with Gasteiger partial charge in [-0.2, -0.15) is 0 Å². The van der Waals surface area contributed by atoms with E-state index in [1.54, 1.807) is 4.90 Å². The number of nitrogens with zero attached hydrogens (tertiary/aromatic N) is 1. The summed E-state index contributed by atoms with van der Waals surface area (Å²) >= 11 is 0. The molecule has 124 valence electrons. The van der Waals surface area contributed by atoms with Gasteiger partial charge in [0, 0.05) is 26.1 Å². The molecule has 1 aliphatic heterocycles. The lowest BCUT2D eigenvalue weighted by molar-refractivity contribution is -0.141. The number of nitrogens with two attached hydrogens (primary N) is 1. The second-order valence-corrected chi connectivity index (χ2v) is 5.36. The minimum atomic E-state index is -0.844. The van der Waals surface area contributed by atoms with Gasteiger partial charge in [0.2, 0.25) is 5.91 Å². The van der Waals surface area contributed by atoms with Gasteiger partial charge in [-0.15, -0.1) is 0 Å². The van der Waals surface area contributed by atoms with Crippen molar-refractivity contribution >= 4 is 11.9 Å². The van der Waals surface area contributed by atoms with Crippen LogP contribution in [-0.4, -0.2) is 53.2 Å². The molecule has 0 spiro atoms. The van der Waals surface area contributed by atoms with Crippen LogP contribution in [0.5, 0.6) is 0 Å². The van der Waals surface area contributed by atoms with Gasteiger partial charge in [-0.1, -0.05) is 39.0 Å². The lowest BCUT2D eigenvalue weighted by Crippen LogP contribution is -2.27. The summed E-state index contributed by atoms with van der Waals surface area (Å²) in [5.41, 5.74) is 4.78. The van der Waals surface area contributed by atoms with Gasteiger partial charge >= 0.3 is 5.97 Å². The molecule has 1 heterocycles. The number of carbonyl (C=O) groups is 2. The first-order valence-electron chi connectivity index (χ1n) is 7.88. The van der Waals surface area contributed by atoms with Crippen LogP contribution < -0.4 is 5.73 Å². The number of likely N-dealkylation sites (tertiary alicyclic amines) is 1. The molecule has 0 aromatic heterocycles. The molecule has 0 bridgehead atoms.